The highest BCUT2D eigenvalue weighted by molar-refractivity contribution is 8.00. The number of amides is 1. The Labute approximate surface area is 187 Å². The Morgan fingerprint density at radius 1 is 1.26 bits per heavy atom. The second kappa shape index (κ2) is 8.10. The van der Waals surface area contributed by atoms with Crippen molar-refractivity contribution >= 4 is 45.0 Å². The molecule has 154 valence electrons. The van der Waals surface area contributed by atoms with Gasteiger partial charge in [0.25, 0.3) is 0 Å². The summed E-state index contributed by atoms with van der Waals surface area (Å²) < 4.78 is 8.33. The Bertz CT molecular complexity index is 1280. The van der Waals surface area contributed by atoms with Crippen LogP contribution in [0.2, 0.25) is 0 Å². The Morgan fingerprint density at radius 3 is 2.84 bits per heavy atom. The minimum atomic E-state index is -0.0509. The van der Waals surface area contributed by atoms with Crippen molar-refractivity contribution in [1.29, 1.82) is 0 Å². The lowest BCUT2D eigenvalue weighted by molar-refractivity contribution is -0.113. The average molecular weight is 447 g/mol. The van der Waals surface area contributed by atoms with Gasteiger partial charge in [0.2, 0.25) is 11.0 Å². The third kappa shape index (κ3) is 3.67. The molecule has 1 aliphatic heterocycles. The number of nitrogens with zero attached hydrogens (tertiary/aromatic N) is 3. The van der Waals surface area contributed by atoms with Crippen LogP contribution in [0, 0.1) is 19.3 Å². The van der Waals surface area contributed by atoms with E-state index in [1.165, 1.54) is 0 Å². The van der Waals surface area contributed by atoms with Crippen LogP contribution in [0.1, 0.15) is 22.1 Å². The summed E-state index contributed by atoms with van der Waals surface area (Å²) in [4.78, 5) is 17.3. The van der Waals surface area contributed by atoms with E-state index in [4.69, 9.17) is 21.2 Å². The maximum Gasteiger partial charge on any atom is 0.235 e. The number of anilines is 1. The Morgan fingerprint density at radius 2 is 2.06 bits per heavy atom. The number of aryl methyl sites for hydroxylation is 1. The van der Waals surface area contributed by atoms with E-state index >= 15 is 0 Å². The monoisotopic (exact) mass is 446 g/mol. The molecule has 3 heterocycles. The lowest BCUT2D eigenvalue weighted by Crippen LogP contribution is -2.15. The number of carbonyl (C=O) groups is 1. The molecule has 0 fully saturated rings. The molecule has 1 unspecified atom stereocenters. The number of thiazole rings is 1. The van der Waals surface area contributed by atoms with Crippen LogP contribution in [0.3, 0.4) is 0 Å². The maximum absolute atomic E-state index is 12.5. The highest BCUT2D eigenvalue weighted by Gasteiger charge is 2.31. The first-order valence-corrected chi connectivity index (χ1v) is 11.5. The van der Waals surface area contributed by atoms with Crippen molar-refractivity contribution in [3.05, 3.63) is 65.4 Å². The molecule has 1 N–H and O–H groups in total. The van der Waals surface area contributed by atoms with Gasteiger partial charge in [-0.15, -0.1) is 18.2 Å². The van der Waals surface area contributed by atoms with Crippen LogP contribution >= 0.6 is 23.1 Å². The fourth-order valence-corrected chi connectivity index (χ4v) is 5.71. The SMILES string of the molecule is C#CCOc1ccc(C2SCC(=O)Nc3c2c(C)nn3-c2nc3ccccc3s2)cc1. The first-order valence-electron chi connectivity index (χ1n) is 9.67. The van der Waals surface area contributed by atoms with Crippen LogP contribution in [0.4, 0.5) is 5.82 Å². The van der Waals surface area contributed by atoms with Crippen LogP contribution in [0.15, 0.2) is 48.5 Å². The Balaban J connectivity index is 1.59. The normalized spacial score (nSPS) is 15.7. The topological polar surface area (TPSA) is 69.0 Å². The molecule has 5 rings (SSSR count). The van der Waals surface area contributed by atoms with Crippen LogP contribution in [0.5, 0.6) is 5.75 Å². The van der Waals surface area contributed by atoms with Crippen molar-refractivity contribution in [3.8, 4) is 23.2 Å². The summed E-state index contributed by atoms with van der Waals surface area (Å²) in [5.74, 6) is 4.18. The average Bonchev–Trinajstić information content (AvgIpc) is 3.29. The van der Waals surface area contributed by atoms with E-state index in [1.807, 2.05) is 55.5 Å². The summed E-state index contributed by atoms with van der Waals surface area (Å²) in [5.41, 5.74) is 3.84. The molecule has 2 aromatic carbocycles. The van der Waals surface area contributed by atoms with Gasteiger partial charge in [-0.3, -0.25) is 4.79 Å². The first-order chi connectivity index (χ1) is 15.1. The van der Waals surface area contributed by atoms with Gasteiger partial charge in [0.05, 0.1) is 26.9 Å². The number of nitrogens with one attached hydrogen (secondary N) is 1. The molecule has 31 heavy (non-hydrogen) atoms. The molecule has 0 saturated carbocycles. The molecule has 8 heteroatoms. The van der Waals surface area contributed by atoms with Crippen LogP contribution < -0.4 is 10.1 Å². The molecule has 4 aromatic rings. The lowest BCUT2D eigenvalue weighted by Gasteiger charge is -2.15. The third-order valence-electron chi connectivity index (χ3n) is 4.98. The second-order valence-corrected chi connectivity index (χ2v) is 9.13. The van der Waals surface area contributed by atoms with E-state index in [2.05, 4.69) is 11.2 Å². The molecule has 0 spiro atoms. The number of fused-ring (bicyclic) bond motifs is 2. The molecule has 0 bridgehead atoms. The molecule has 2 aromatic heterocycles. The van der Waals surface area contributed by atoms with Crippen molar-refractivity contribution in [2.75, 3.05) is 17.7 Å². The zero-order valence-corrected chi connectivity index (χ0v) is 18.3. The minimum absolute atomic E-state index is 0.0428. The fourth-order valence-electron chi connectivity index (χ4n) is 3.60. The Hall–Kier alpha value is -3.28. The number of terminal acetylenes is 1. The molecule has 0 aliphatic carbocycles. The number of ether oxygens (including phenoxy) is 1. The first kappa shape index (κ1) is 19.7. The number of benzene rings is 2. The summed E-state index contributed by atoms with van der Waals surface area (Å²) in [6, 6.07) is 15.8. The van der Waals surface area contributed by atoms with Gasteiger partial charge in [0, 0.05) is 5.56 Å². The quantitative estimate of drug-likeness (QED) is 0.465. The number of carbonyl (C=O) groups excluding carboxylic acids is 1. The van der Waals surface area contributed by atoms with Gasteiger partial charge in [-0.05, 0) is 36.8 Å². The number of hydrogen-bond donors (Lipinski definition) is 1. The van der Waals surface area contributed by atoms with Gasteiger partial charge in [0.1, 0.15) is 18.2 Å². The van der Waals surface area contributed by atoms with Gasteiger partial charge < -0.3 is 10.1 Å². The number of rotatable bonds is 4. The van der Waals surface area contributed by atoms with E-state index in [-0.39, 0.29) is 17.8 Å². The molecule has 1 aliphatic rings. The summed E-state index contributed by atoms with van der Waals surface area (Å²) in [7, 11) is 0. The van der Waals surface area contributed by atoms with Crippen LogP contribution in [0.25, 0.3) is 15.3 Å². The Kier molecular flexibility index (Phi) is 5.14. The molecule has 1 amide bonds. The van der Waals surface area contributed by atoms with Crippen molar-refractivity contribution < 1.29 is 9.53 Å². The van der Waals surface area contributed by atoms with Gasteiger partial charge in [0.15, 0.2) is 0 Å². The van der Waals surface area contributed by atoms with Gasteiger partial charge in [-0.25, -0.2) is 4.98 Å². The third-order valence-corrected chi connectivity index (χ3v) is 7.26. The predicted octanol–water partition coefficient (Wildman–Crippen LogP) is 4.58. The lowest BCUT2D eigenvalue weighted by atomic mass is 10.0. The fraction of sp³-hybridized carbons (Fsp3) is 0.174. The predicted molar refractivity (Wildman–Crippen MR) is 125 cm³/mol. The standard InChI is InChI=1S/C23H18N4O2S2/c1-3-12-29-16-10-8-15(9-11-16)21-20-14(2)26-27(22(20)25-19(28)13-30-21)23-24-17-6-4-5-7-18(17)31-23/h1,4-11,21H,12-13H2,2H3,(H,25,28). The van der Waals surface area contributed by atoms with Gasteiger partial charge in [-0.2, -0.15) is 9.78 Å². The second-order valence-electron chi connectivity index (χ2n) is 7.02. The van der Waals surface area contributed by atoms with Gasteiger partial charge >= 0.3 is 0 Å². The number of para-hydroxylation sites is 1. The molecule has 1 atom stereocenters. The molecule has 6 nitrogen and oxygen atoms in total. The van der Waals surface area contributed by atoms with Crippen LogP contribution in [-0.2, 0) is 4.79 Å². The minimum Gasteiger partial charge on any atom is -0.481 e. The van der Waals surface area contributed by atoms with Crippen molar-refractivity contribution in [2.45, 2.75) is 12.2 Å². The summed E-state index contributed by atoms with van der Waals surface area (Å²) in [6.45, 7) is 2.20. The highest BCUT2D eigenvalue weighted by Crippen LogP contribution is 2.44. The number of thioether (sulfide) groups is 1. The molecule has 0 radical (unpaired) electrons. The smallest absolute Gasteiger partial charge is 0.235 e. The largest absolute Gasteiger partial charge is 0.481 e. The molecular weight excluding hydrogens is 428 g/mol. The van der Waals surface area contributed by atoms with Gasteiger partial charge in [-0.1, -0.05) is 41.5 Å². The van der Waals surface area contributed by atoms with E-state index in [0.717, 1.165) is 37.9 Å². The maximum atomic E-state index is 12.5. The van der Waals surface area contributed by atoms with Crippen LogP contribution in [-0.4, -0.2) is 33.0 Å². The van der Waals surface area contributed by atoms with E-state index in [0.29, 0.717) is 11.6 Å². The molecular formula is C23H18N4O2S2. The van der Waals surface area contributed by atoms with Crippen molar-refractivity contribution in [2.24, 2.45) is 0 Å². The summed E-state index contributed by atoms with van der Waals surface area (Å²) in [6.07, 6.45) is 5.27. The van der Waals surface area contributed by atoms with E-state index in [1.54, 1.807) is 27.8 Å². The zero-order chi connectivity index (χ0) is 21.4. The number of hydrogen-bond acceptors (Lipinski definition) is 6. The summed E-state index contributed by atoms with van der Waals surface area (Å²) in [5, 5.41) is 8.50. The van der Waals surface area contributed by atoms with Crippen molar-refractivity contribution in [3.63, 3.8) is 0 Å². The highest BCUT2D eigenvalue weighted by atomic mass is 32.2. The number of aromatic nitrogens is 3. The molecule has 0 saturated heterocycles. The summed E-state index contributed by atoms with van der Waals surface area (Å²) >= 11 is 3.13. The van der Waals surface area contributed by atoms with E-state index in [9.17, 15) is 4.79 Å². The van der Waals surface area contributed by atoms with E-state index < -0.39 is 0 Å². The van der Waals surface area contributed by atoms with Crippen molar-refractivity contribution in [1.82, 2.24) is 14.8 Å². The zero-order valence-electron chi connectivity index (χ0n) is 16.7.